The Morgan fingerprint density at radius 1 is 1.37 bits per heavy atom. The number of benzene rings is 1. The molecular weight excluding hydrogens is 240 g/mol. The Hall–Kier alpha value is -2.56. The number of rotatable bonds is 3. The number of H-pyrrole nitrogens is 2. The molecule has 0 aliphatic heterocycles. The van der Waals surface area contributed by atoms with Crippen LogP contribution < -0.4 is 5.32 Å². The maximum absolute atomic E-state index is 11.1. The molecule has 3 rings (SSSR count). The molecule has 0 aliphatic rings. The molecule has 2 heterocycles. The fourth-order valence-corrected chi connectivity index (χ4v) is 2.19. The third-order valence-corrected chi connectivity index (χ3v) is 3.01. The minimum Gasteiger partial charge on any atom is -0.361 e. The van der Waals surface area contributed by atoms with E-state index in [4.69, 9.17) is 0 Å². The second-order valence-electron chi connectivity index (χ2n) is 4.49. The highest BCUT2D eigenvalue weighted by Gasteiger charge is 2.07. The summed E-state index contributed by atoms with van der Waals surface area (Å²) in [7, 11) is 0. The zero-order valence-electron chi connectivity index (χ0n) is 10.5. The summed E-state index contributed by atoms with van der Waals surface area (Å²) in [5.41, 5.74) is 4.02. The predicted molar refractivity (Wildman–Crippen MR) is 74.0 cm³/mol. The summed E-state index contributed by atoms with van der Waals surface area (Å²) in [5.74, 6) is -0.0660. The highest BCUT2D eigenvalue weighted by Crippen LogP contribution is 2.24. The van der Waals surface area contributed by atoms with E-state index in [0.717, 1.165) is 34.3 Å². The van der Waals surface area contributed by atoms with Crippen LogP contribution in [0.5, 0.6) is 0 Å². The highest BCUT2D eigenvalue weighted by atomic mass is 16.1. The fourth-order valence-electron chi connectivity index (χ4n) is 2.19. The number of nitrogens with one attached hydrogen (secondary N) is 3. The van der Waals surface area contributed by atoms with Crippen molar-refractivity contribution in [3.05, 3.63) is 48.2 Å². The van der Waals surface area contributed by atoms with Crippen LogP contribution in [0.3, 0.4) is 0 Å². The normalized spacial score (nSPS) is 10.8. The van der Waals surface area contributed by atoms with E-state index in [1.807, 2.05) is 30.6 Å². The van der Waals surface area contributed by atoms with Gasteiger partial charge in [-0.15, -0.1) is 0 Å². The molecule has 0 unspecified atom stereocenters. The molecule has 0 saturated heterocycles. The quantitative estimate of drug-likeness (QED) is 0.671. The van der Waals surface area contributed by atoms with Crippen LogP contribution in [0.2, 0.25) is 0 Å². The maximum Gasteiger partial charge on any atom is 0.221 e. The van der Waals surface area contributed by atoms with Crippen molar-refractivity contribution in [3.8, 4) is 0 Å². The van der Waals surface area contributed by atoms with Crippen LogP contribution in [0, 0.1) is 0 Å². The third kappa shape index (κ3) is 2.35. The molecule has 0 saturated carbocycles. The molecular formula is C14H14N4O. The Morgan fingerprint density at radius 2 is 2.26 bits per heavy atom. The van der Waals surface area contributed by atoms with E-state index in [-0.39, 0.29) is 5.91 Å². The predicted octanol–water partition coefficient (Wildman–Crippen LogP) is 2.44. The van der Waals surface area contributed by atoms with Crippen molar-refractivity contribution in [3.63, 3.8) is 0 Å². The number of amides is 1. The summed E-state index contributed by atoms with van der Waals surface area (Å²) < 4.78 is 0. The molecule has 1 amide bonds. The van der Waals surface area contributed by atoms with Gasteiger partial charge in [-0.25, -0.2) is 4.98 Å². The Bertz CT molecular complexity index is 712. The zero-order valence-corrected chi connectivity index (χ0v) is 10.5. The van der Waals surface area contributed by atoms with Crippen LogP contribution in [0.25, 0.3) is 10.9 Å². The SMILES string of the molecule is CC(=O)Nc1ccc2[nH]cc(Cc3c[nH]cn3)c2c1. The van der Waals surface area contributed by atoms with Gasteiger partial charge in [0.15, 0.2) is 0 Å². The Morgan fingerprint density at radius 3 is 3.00 bits per heavy atom. The van der Waals surface area contributed by atoms with Crippen LogP contribution >= 0.6 is 0 Å². The van der Waals surface area contributed by atoms with Crippen LogP contribution in [0.15, 0.2) is 36.9 Å². The van der Waals surface area contributed by atoms with Crippen LogP contribution in [0.4, 0.5) is 5.69 Å². The summed E-state index contributed by atoms with van der Waals surface area (Å²) in [4.78, 5) is 21.5. The van der Waals surface area contributed by atoms with Gasteiger partial charge in [0.2, 0.25) is 5.91 Å². The van der Waals surface area contributed by atoms with Crippen molar-refractivity contribution in [1.29, 1.82) is 0 Å². The number of carbonyl (C=O) groups is 1. The van der Waals surface area contributed by atoms with Crippen molar-refractivity contribution in [2.24, 2.45) is 0 Å². The molecule has 1 aromatic carbocycles. The van der Waals surface area contributed by atoms with Crippen molar-refractivity contribution >= 4 is 22.5 Å². The molecule has 0 bridgehead atoms. The smallest absolute Gasteiger partial charge is 0.221 e. The number of fused-ring (bicyclic) bond motifs is 1. The van der Waals surface area contributed by atoms with E-state index < -0.39 is 0 Å². The van der Waals surface area contributed by atoms with Crippen LogP contribution in [0.1, 0.15) is 18.2 Å². The summed E-state index contributed by atoms with van der Waals surface area (Å²) in [6, 6.07) is 5.84. The summed E-state index contributed by atoms with van der Waals surface area (Å²) in [5, 5.41) is 3.90. The maximum atomic E-state index is 11.1. The molecule has 3 aromatic rings. The van der Waals surface area contributed by atoms with E-state index in [0.29, 0.717) is 0 Å². The third-order valence-electron chi connectivity index (χ3n) is 3.01. The number of aromatic amines is 2. The summed E-state index contributed by atoms with van der Waals surface area (Å²) in [6.07, 6.45) is 6.30. The van der Waals surface area contributed by atoms with Gasteiger partial charge in [-0.05, 0) is 23.8 Å². The van der Waals surface area contributed by atoms with E-state index in [1.165, 1.54) is 6.92 Å². The number of hydrogen-bond donors (Lipinski definition) is 3. The number of hydrogen-bond acceptors (Lipinski definition) is 2. The molecule has 5 heteroatoms. The minimum absolute atomic E-state index is 0.0660. The van der Waals surface area contributed by atoms with Crippen molar-refractivity contribution in [2.45, 2.75) is 13.3 Å². The summed E-state index contributed by atoms with van der Waals surface area (Å²) in [6.45, 7) is 1.51. The average Bonchev–Trinajstić information content (AvgIpc) is 3.00. The Labute approximate surface area is 110 Å². The molecule has 0 fully saturated rings. The van der Waals surface area contributed by atoms with Gasteiger partial charge in [0.1, 0.15) is 0 Å². The van der Waals surface area contributed by atoms with E-state index >= 15 is 0 Å². The first-order valence-corrected chi connectivity index (χ1v) is 6.07. The first-order chi connectivity index (χ1) is 9.22. The molecule has 3 N–H and O–H groups in total. The second kappa shape index (κ2) is 4.61. The number of anilines is 1. The lowest BCUT2D eigenvalue weighted by atomic mass is 10.1. The number of carbonyl (C=O) groups excluding carboxylic acids is 1. The molecule has 19 heavy (non-hydrogen) atoms. The zero-order chi connectivity index (χ0) is 13.2. The van der Waals surface area contributed by atoms with Gasteiger partial charge in [0.25, 0.3) is 0 Å². The molecule has 5 nitrogen and oxygen atoms in total. The van der Waals surface area contributed by atoms with Crippen LogP contribution in [-0.2, 0) is 11.2 Å². The number of nitrogens with zero attached hydrogens (tertiary/aromatic N) is 1. The molecule has 0 aliphatic carbocycles. The lowest BCUT2D eigenvalue weighted by Crippen LogP contribution is -2.05. The highest BCUT2D eigenvalue weighted by molar-refractivity contribution is 5.93. The van der Waals surface area contributed by atoms with Gasteiger partial charge in [0.05, 0.1) is 12.0 Å². The van der Waals surface area contributed by atoms with Gasteiger partial charge in [0, 0.05) is 42.3 Å². The van der Waals surface area contributed by atoms with Crippen molar-refractivity contribution < 1.29 is 4.79 Å². The molecule has 0 radical (unpaired) electrons. The standard InChI is InChI=1S/C14H14N4O/c1-9(19)18-11-2-3-14-13(5-11)10(6-16-14)4-12-7-15-8-17-12/h2-3,5-8,16H,4H2,1H3,(H,15,17)(H,18,19). The van der Waals surface area contributed by atoms with Crippen molar-refractivity contribution in [1.82, 2.24) is 15.0 Å². The van der Waals surface area contributed by atoms with Gasteiger partial charge in [-0.2, -0.15) is 0 Å². The van der Waals surface area contributed by atoms with Gasteiger partial charge in [-0.3, -0.25) is 4.79 Å². The molecule has 0 spiro atoms. The summed E-state index contributed by atoms with van der Waals surface area (Å²) >= 11 is 0. The van der Waals surface area contributed by atoms with Gasteiger partial charge >= 0.3 is 0 Å². The van der Waals surface area contributed by atoms with Crippen LogP contribution in [-0.4, -0.2) is 20.9 Å². The van der Waals surface area contributed by atoms with E-state index in [2.05, 4.69) is 20.3 Å². The van der Waals surface area contributed by atoms with Crippen molar-refractivity contribution in [2.75, 3.05) is 5.32 Å². The Balaban J connectivity index is 1.98. The molecule has 0 atom stereocenters. The lowest BCUT2D eigenvalue weighted by molar-refractivity contribution is -0.114. The van der Waals surface area contributed by atoms with E-state index in [1.54, 1.807) is 6.33 Å². The number of aromatic nitrogens is 3. The first-order valence-electron chi connectivity index (χ1n) is 6.07. The fraction of sp³-hybridized carbons (Fsp3) is 0.143. The van der Waals surface area contributed by atoms with E-state index in [9.17, 15) is 4.79 Å². The average molecular weight is 254 g/mol. The largest absolute Gasteiger partial charge is 0.361 e. The lowest BCUT2D eigenvalue weighted by Gasteiger charge is -2.03. The molecule has 2 aromatic heterocycles. The Kier molecular flexibility index (Phi) is 2.79. The minimum atomic E-state index is -0.0660. The van der Waals surface area contributed by atoms with Gasteiger partial charge < -0.3 is 15.3 Å². The monoisotopic (exact) mass is 254 g/mol. The first kappa shape index (κ1) is 11.5. The molecule has 96 valence electrons. The topological polar surface area (TPSA) is 73.6 Å². The van der Waals surface area contributed by atoms with Gasteiger partial charge in [-0.1, -0.05) is 0 Å². The second-order valence-corrected chi connectivity index (χ2v) is 4.49. The number of imidazole rings is 1.